The van der Waals surface area contributed by atoms with Crippen LogP contribution < -0.4 is 10.1 Å². The van der Waals surface area contributed by atoms with Crippen LogP contribution in [0.25, 0.3) is 0 Å². The number of benzene rings is 1. The number of likely N-dealkylation sites (tertiary alicyclic amines) is 1. The summed E-state index contributed by atoms with van der Waals surface area (Å²) < 4.78 is 11.2. The SMILES string of the molecule is Cc1ccc(OCC(=O)NC[C@H](c2ccco2)N2CCCCC2)cc1C. The highest BCUT2D eigenvalue weighted by Gasteiger charge is 2.24. The molecule has 1 aromatic carbocycles. The summed E-state index contributed by atoms with van der Waals surface area (Å²) in [5.41, 5.74) is 2.37. The Hall–Kier alpha value is -2.27. The maximum absolute atomic E-state index is 12.2. The summed E-state index contributed by atoms with van der Waals surface area (Å²) in [6.07, 6.45) is 5.36. The van der Waals surface area contributed by atoms with Crippen molar-refractivity contribution in [3.05, 3.63) is 53.5 Å². The maximum atomic E-state index is 12.2. The molecule has 1 aliphatic heterocycles. The monoisotopic (exact) mass is 356 g/mol. The molecule has 1 N–H and O–H groups in total. The minimum Gasteiger partial charge on any atom is -0.484 e. The molecule has 5 nitrogen and oxygen atoms in total. The highest BCUT2D eigenvalue weighted by molar-refractivity contribution is 5.77. The lowest BCUT2D eigenvalue weighted by molar-refractivity contribution is -0.123. The molecule has 1 atom stereocenters. The second-order valence-electron chi connectivity index (χ2n) is 6.97. The van der Waals surface area contributed by atoms with Crippen molar-refractivity contribution in [2.24, 2.45) is 0 Å². The summed E-state index contributed by atoms with van der Waals surface area (Å²) >= 11 is 0. The van der Waals surface area contributed by atoms with Crippen LogP contribution in [0.5, 0.6) is 5.75 Å². The normalized spacial score (nSPS) is 16.2. The van der Waals surface area contributed by atoms with Crippen LogP contribution in [-0.2, 0) is 4.79 Å². The van der Waals surface area contributed by atoms with Crippen LogP contribution >= 0.6 is 0 Å². The van der Waals surface area contributed by atoms with Crippen molar-refractivity contribution in [2.75, 3.05) is 26.2 Å². The molecule has 26 heavy (non-hydrogen) atoms. The average molecular weight is 356 g/mol. The first kappa shape index (κ1) is 18.5. The Morgan fingerprint density at radius 1 is 1.19 bits per heavy atom. The summed E-state index contributed by atoms with van der Waals surface area (Å²) in [6.45, 7) is 6.73. The molecule has 1 aliphatic rings. The first-order valence-electron chi connectivity index (χ1n) is 9.37. The number of nitrogens with one attached hydrogen (secondary N) is 1. The molecular formula is C21H28N2O3. The van der Waals surface area contributed by atoms with E-state index >= 15 is 0 Å². The fraction of sp³-hybridized carbons (Fsp3) is 0.476. The van der Waals surface area contributed by atoms with E-state index in [4.69, 9.17) is 9.15 Å². The maximum Gasteiger partial charge on any atom is 0.258 e. The molecule has 2 aromatic rings. The first-order chi connectivity index (χ1) is 12.6. The van der Waals surface area contributed by atoms with Crippen LogP contribution in [0.1, 0.15) is 42.2 Å². The number of hydrogen-bond acceptors (Lipinski definition) is 4. The molecule has 0 unspecified atom stereocenters. The van der Waals surface area contributed by atoms with E-state index in [2.05, 4.69) is 17.1 Å². The first-order valence-corrected chi connectivity index (χ1v) is 9.37. The highest BCUT2D eigenvalue weighted by atomic mass is 16.5. The summed E-state index contributed by atoms with van der Waals surface area (Å²) in [4.78, 5) is 14.6. The van der Waals surface area contributed by atoms with E-state index in [-0.39, 0.29) is 18.6 Å². The highest BCUT2D eigenvalue weighted by Crippen LogP contribution is 2.24. The molecule has 1 saturated heterocycles. The van der Waals surface area contributed by atoms with Gasteiger partial charge in [0.05, 0.1) is 12.3 Å². The Labute approximate surface area is 155 Å². The van der Waals surface area contributed by atoms with Crippen molar-refractivity contribution in [3.63, 3.8) is 0 Å². The molecule has 0 aliphatic carbocycles. The number of rotatable bonds is 7. The molecule has 0 radical (unpaired) electrons. The number of aryl methyl sites for hydroxylation is 2. The fourth-order valence-corrected chi connectivity index (χ4v) is 3.33. The number of amides is 1. The minimum atomic E-state index is -0.114. The molecule has 5 heteroatoms. The third-order valence-electron chi connectivity index (χ3n) is 5.04. The Balaban J connectivity index is 1.52. The van der Waals surface area contributed by atoms with Crippen LogP contribution in [0.3, 0.4) is 0 Å². The Morgan fingerprint density at radius 2 is 2.00 bits per heavy atom. The van der Waals surface area contributed by atoms with E-state index < -0.39 is 0 Å². The van der Waals surface area contributed by atoms with Gasteiger partial charge in [-0.15, -0.1) is 0 Å². The quantitative estimate of drug-likeness (QED) is 0.823. The van der Waals surface area contributed by atoms with E-state index in [0.717, 1.165) is 30.2 Å². The molecule has 1 fully saturated rings. The lowest BCUT2D eigenvalue weighted by Gasteiger charge is -2.33. The fourth-order valence-electron chi connectivity index (χ4n) is 3.33. The average Bonchev–Trinajstić information content (AvgIpc) is 3.18. The van der Waals surface area contributed by atoms with Gasteiger partial charge in [-0.1, -0.05) is 12.5 Å². The zero-order chi connectivity index (χ0) is 18.4. The van der Waals surface area contributed by atoms with Crippen LogP contribution in [-0.4, -0.2) is 37.0 Å². The predicted octanol–water partition coefficient (Wildman–Crippen LogP) is 3.62. The van der Waals surface area contributed by atoms with Crippen molar-refractivity contribution in [1.82, 2.24) is 10.2 Å². The van der Waals surface area contributed by atoms with Gasteiger partial charge in [0, 0.05) is 6.54 Å². The van der Waals surface area contributed by atoms with Gasteiger partial charge in [-0.05, 0) is 75.2 Å². The van der Waals surface area contributed by atoms with Crippen molar-refractivity contribution in [3.8, 4) is 5.75 Å². The van der Waals surface area contributed by atoms with Crippen LogP contribution in [0, 0.1) is 13.8 Å². The molecule has 0 spiro atoms. The third-order valence-corrected chi connectivity index (χ3v) is 5.04. The van der Waals surface area contributed by atoms with Gasteiger partial charge in [0.15, 0.2) is 6.61 Å². The lowest BCUT2D eigenvalue weighted by atomic mass is 10.1. The number of nitrogens with zero attached hydrogens (tertiary/aromatic N) is 1. The Bertz CT molecular complexity index is 706. The Morgan fingerprint density at radius 3 is 2.69 bits per heavy atom. The molecule has 2 heterocycles. The van der Waals surface area contributed by atoms with Gasteiger partial charge in [-0.2, -0.15) is 0 Å². The topological polar surface area (TPSA) is 54.7 Å². The van der Waals surface area contributed by atoms with Crippen molar-refractivity contribution in [1.29, 1.82) is 0 Å². The van der Waals surface area contributed by atoms with Gasteiger partial charge >= 0.3 is 0 Å². The van der Waals surface area contributed by atoms with E-state index in [9.17, 15) is 4.79 Å². The number of piperidine rings is 1. The van der Waals surface area contributed by atoms with Crippen molar-refractivity contribution in [2.45, 2.75) is 39.2 Å². The molecule has 140 valence electrons. The number of hydrogen-bond donors (Lipinski definition) is 1. The Kier molecular flexibility index (Phi) is 6.34. The van der Waals surface area contributed by atoms with Crippen molar-refractivity contribution < 1.29 is 13.9 Å². The van der Waals surface area contributed by atoms with Gasteiger partial charge in [0.2, 0.25) is 0 Å². The molecule has 1 amide bonds. The summed E-state index contributed by atoms with van der Waals surface area (Å²) in [6, 6.07) is 9.83. The summed E-state index contributed by atoms with van der Waals surface area (Å²) in [7, 11) is 0. The second kappa shape index (κ2) is 8.90. The number of ether oxygens (including phenoxy) is 1. The van der Waals surface area contributed by atoms with E-state index in [1.165, 1.54) is 24.8 Å². The lowest BCUT2D eigenvalue weighted by Crippen LogP contribution is -2.41. The number of carbonyl (C=O) groups is 1. The summed E-state index contributed by atoms with van der Waals surface area (Å²) in [5, 5.41) is 3.00. The number of carbonyl (C=O) groups excluding carboxylic acids is 1. The van der Waals surface area contributed by atoms with Crippen LogP contribution in [0.4, 0.5) is 0 Å². The largest absolute Gasteiger partial charge is 0.484 e. The predicted molar refractivity (Wildman–Crippen MR) is 101 cm³/mol. The van der Waals surface area contributed by atoms with E-state index in [0.29, 0.717) is 6.54 Å². The van der Waals surface area contributed by atoms with Gasteiger partial charge in [0.1, 0.15) is 11.5 Å². The molecule has 0 saturated carbocycles. The standard InChI is InChI=1S/C21H28N2O3/c1-16-8-9-18(13-17(16)2)26-15-21(24)22-14-19(20-7-6-12-25-20)23-10-4-3-5-11-23/h6-9,12-13,19H,3-5,10-11,14-15H2,1-2H3,(H,22,24)/t19-/m1/s1. The number of furan rings is 1. The van der Waals surface area contributed by atoms with Gasteiger partial charge in [-0.25, -0.2) is 0 Å². The van der Waals surface area contributed by atoms with Gasteiger partial charge < -0.3 is 14.5 Å². The van der Waals surface area contributed by atoms with Gasteiger partial charge in [-0.3, -0.25) is 9.69 Å². The second-order valence-corrected chi connectivity index (χ2v) is 6.97. The zero-order valence-electron chi connectivity index (χ0n) is 15.7. The zero-order valence-corrected chi connectivity index (χ0v) is 15.7. The minimum absolute atomic E-state index is 0.0212. The van der Waals surface area contributed by atoms with E-state index in [1.807, 2.05) is 37.3 Å². The third kappa shape index (κ3) is 4.88. The molecular weight excluding hydrogens is 328 g/mol. The molecule has 3 rings (SSSR count). The van der Waals surface area contributed by atoms with Crippen LogP contribution in [0.15, 0.2) is 41.0 Å². The van der Waals surface area contributed by atoms with E-state index in [1.54, 1.807) is 6.26 Å². The smallest absolute Gasteiger partial charge is 0.258 e. The summed E-state index contributed by atoms with van der Waals surface area (Å²) in [5.74, 6) is 1.51. The molecule has 0 bridgehead atoms. The van der Waals surface area contributed by atoms with Crippen LogP contribution in [0.2, 0.25) is 0 Å². The van der Waals surface area contributed by atoms with Crippen molar-refractivity contribution >= 4 is 5.91 Å². The molecule has 1 aromatic heterocycles. The van der Waals surface area contributed by atoms with Gasteiger partial charge in [0.25, 0.3) is 5.91 Å².